The first-order valence-corrected chi connectivity index (χ1v) is 12.9. The fraction of sp³-hybridized carbons (Fsp3) is 0.194. The summed E-state index contributed by atoms with van der Waals surface area (Å²) in [5.74, 6) is 0.182. The molecule has 0 aliphatic rings. The Balaban J connectivity index is 1.38. The predicted octanol–water partition coefficient (Wildman–Crippen LogP) is 6.19. The molecule has 41 heavy (non-hydrogen) atoms. The highest BCUT2D eigenvalue weighted by atomic mass is 16.6. The van der Waals surface area contributed by atoms with E-state index in [4.69, 9.17) is 4.74 Å². The SMILES string of the molecule is CN(C)C(=O)c1ccc(-c2ccc(Nc3cncc(NC(=O)c4cccc(NC(=O)OC(C)(C)C)c4)c3)nc2)cc1. The summed E-state index contributed by atoms with van der Waals surface area (Å²) in [6.45, 7) is 5.32. The third-order valence-electron chi connectivity index (χ3n) is 5.67. The number of amides is 3. The van der Waals surface area contributed by atoms with E-state index in [-0.39, 0.29) is 11.8 Å². The van der Waals surface area contributed by atoms with Crippen LogP contribution < -0.4 is 16.0 Å². The highest BCUT2D eigenvalue weighted by molar-refractivity contribution is 6.05. The quantitative estimate of drug-likeness (QED) is 0.250. The smallest absolute Gasteiger partial charge is 0.412 e. The monoisotopic (exact) mass is 552 g/mol. The van der Waals surface area contributed by atoms with E-state index in [0.29, 0.717) is 34.0 Å². The normalized spacial score (nSPS) is 10.9. The minimum atomic E-state index is -0.635. The number of nitrogens with one attached hydrogen (secondary N) is 3. The van der Waals surface area contributed by atoms with Crippen molar-refractivity contribution in [1.82, 2.24) is 14.9 Å². The van der Waals surface area contributed by atoms with Crippen LogP contribution in [-0.4, -0.2) is 52.5 Å². The van der Waals surface area contributed by atoms with Crippen molar-refractivity contribution in [2.45, 2.75) is 26.4 Å². The van der Waals surface area contributed by atoms with Crippen molar-refractivity contribution >= 4 is 40.8 Å². The number of hydrogen-bond donors (Lipinski definition) is 3. The Labute approximate surface area is 238 Å². The maximum Gasteiger partial charge on any atom is 0.412 e. The van der Waals surface area contributed by atoms with Gasteiger partial charge in [-0.25, -0.2) is 9.78 Å². The number of pyridine rings is 2. The molecule has 0 aliphatic carbocycles. The molecule has 3 N–H and O–H groups in total. The van der Waals surface area contributed by atoms with Gasteiger partial charge in [0.25, 0.3) is 11.8 Å². The topological polar surface area (TPSA) is 126 Å². The lowest BCUT2D eigenvalue weighted by molar-refractivity contribution is 0.0635. The molecule has 0 radical (unpaired) electrons. The molecule has 0 spiro atoms. The van der Waals surface area contributed by atoms with Crippen LogP contribution in [0.1, 0.15) is 41.5 Å². The highest BCUT2D eigenvalue weighted by Gasteiger charge is 2.17. The Morgan fingerprint density at radius 2 is 1.46 bits per heavy atom. The highest BCUT2D eigenvalue weighted by Crippen LogP contribution is 2.23. The van der Waals surface area contributed by atoms with E-state index in [1.165, 1.54) is 11.1 Å². The van der Waals surface area contributed by atoms with Gasteiger partial charge >= 0.3 is 6.09 Å². The lowest BCUT2D eigenvalue weighted by Gasteiger charge is -2.19. The summed E-state index contributed by atoms with van der Waals surface area (Å²) < 4.78 is 5.26. The first-order chi connectivity index (χ1) is 19.5. The molecule has 2 aromatic carbocycles. The standard InChI is InChI=1S/C31H32N6O4/c1-31(2,3)41-30(40)36-24-8-6-7-22(15-24)28(38)35-26-16-25(18-32-19-26)34-27-14-13-23(17-33-27)20-9-11-21(12-10-20)29(39)37(4)5/h6-19H,1-5H3,(H,33,34)(H,35,38)(H,36,40). The Morgan fingerprint density at radius 3 is 2.12 bits per heavy atom. The number of aromatic nitrogens is 2. The van der Waals surface area contributed by atoms with Crippen LogP contribution >= 0.6 is 0 Å². The van der Waals surface area contributed by atoms with E-state index in [9.17, 15) is 14.4 Å². The first-order valence-electron chi connectivity index (χ1n) is 12.9. The largest absolute Gasteiger partial charge is 0.444 e. The van der Waals surface area contributed by atoms with Crippen molar-refractivity contribution in [3.63, 3.8) is 0 Å². The van der Waals surface area contributed by atoms with Gasteiger partial charge in [-0.2, -0.15) is 0 Å². The van der Waals surface area contributed by atoms with E-state index in [0.717, 1.165) is 11.1 Å². The molecule has 10 nitrogen and oxygen atoms in total. The number of ether oxygens (including phenoxy) is 1. The van der Waals surface area contributed by atoms with Crippen LogP contribution in [0, 0.1) is 0 Å². The number of carbonyl (C=O) groups excluding carboxylic acids is 3. The Kier molecular flexibility index (Phi) is 8.62. The van der Waals surface area contributed by atoms with Crippen molar-refractivity contribution < 1.29 is 19.1 Å². The first kappa shape index (κ1) is 28.8. The van der Waals surface area contributed by atoms with Crippen LogP contribution in [0.2, 0.25) is 0 Å². The zero-order chi connectivity index (χ0) is 29.6. The van der Waals surface area contributed by atoms with Crippen molar-refractivity contribution in [2.75, 3.05) is 30.0 Å². The average Bonchev–Trinajstić information content (AvgIpc) is 2.92. The number of carbonyl (C=O) groups is 3. The van der Waals surface area contributed by atoms with Crippen molar-refractivity contribution in [1.29, 1.82) is 0 Å². The maximum absolute atomic E-state index is 12.9. The second kappa shape index (κ2) is 12.3. The van der Waals surface area contributed by atoms with Gasteiger partial charge in [0.15, 0.2) is 0 Å². The zero-order valence-corrected chi connectivity index (χ0v) is 23.6. The molecule has 2 heterocycles. The number of nitrogens with zero attached hydrogens (tertiary/aromatic N) is 3. The second-order valence-electron chi connectivity index (χ2n) is 10.5. The average molecular weight is 553 g/mol. The summed E-state index contributed by atoms with van der Waals surface area (Å²) in [6, 6.07) is 19.4. The molecule has 0 atom stereocenters. The van der Waals surface area contributed by atoms with Crippen LogP contribution in [-0.2, 0) is 4.74 Å². The molecule has 0 saturated heterocycles. The Hall–Kier alpha value is -5.25. The molecule has 0 saturated carbocycles. The third-order valence-corrected chi connectivity index (χ3v) is 5.67. The van der Waals surface area contributed by atoms with E-state index in [1.807, 2.05) is 24.3 Å². The van der Waals surface area contributed by atoms with Gasteiger partial charge in [-0.05, 0) is 74.9 Å². The van der Waals surface area contributed by atoms with Crippen LogP contribution in [0.3, 0.4) is 0 Å². The minimum Gasteiger partial charge on any atom is -0.444 e. The van der Waals surface area contributed by atoms with Gasteiger partial charge < -0.3 is 20.3 Å². The van der Waals surface area contributed by atoms with Gasteiger partial charge in [0, 0.05) is 42.7 Å². The summed E-state index contributed by atoms with van der Waals surface area (Å²) >= 11 is 0. The maximum atomic E-state index is 12.9. The molecular weight excluding hydrogens is 520 g/mol. The van der Waals surface area contributed by atoms with Crippen molar-refractivity contribution in [2.24, 2.45) is 0 Å². The Bertz CT molecular complexity index is 1540. The molecule has 4 rings (SSSR count). The zero-order valence-electron chi connectivity index (χ0n) is 23.6. The van der Waals surface area contributed by atoms with Gasteiger partial charge in [-0.15, -0.1) is 0 Å². The van der Waals surface area contributed by atoms with E-state index < -0.39 is 11.7 Å². The van der Waals surface area contributed by atoms with Crippen molar-refractivity contribution in [3.8, 4) is 11.1 Å². The van der Waals surface area contributed by atoms with Crippen LogP contribution in [0.4, 0.5) is 27.7 Å². The molecule has 4 aromatic rings. The second-order valence-corrected chi connectivity index (χ2v) is 10.5. The fourth-order valence-electron chi connectivity index (χ4n) is 3.79. The molecule has 3 amide bonds. The molecule has 210 valence electrons. The molecule has 0 fully saturated rings. The van der Waals surface area contributed by atoms with Crippen LogP contribution in [0.25, 0.3) is 11.1 Å². The number of anilines is 4. The molecule has 2 aromatic heterocycles. The lowest BCUT2D eigenvalue weighted by atomic mass is 10.1. The molecule has 0 bridgehead atoms. The van der Waals surface area contributed by atoms with E-state index in [1.54, 1.807) is 89.7 Å². The predicted molar refractivity (Wildman–Crippen MR) is 159 cm³/mol. The minimum absolute atomic E-state index is 0.0509. The molecule has 0 aliphatic heterocycles. The third kappa shape index (κ3) is 8.12. The van der Waals surface area contributed by atoms with Crippen molar-refractivity contribution in [3.05, 3.63) is 96.4 Å². The van der Waals surface area contributed by atoms with E-state index >= 15 is 0 Å². The van der Waals surface area contributed by atoms with Gasteiger partial charge in [0.05, 0.1) is 23.8 Å². The number of rotatable bonds is 7. The number of benzene rings is 2. The summed E-state index contributed by atoms with van der Waals surface area (Å²) in [6.07, 6.45) is 4.29. The molecular formula is C31H32N6O4. The lowest BCUT2D eigenvalue weighted by Crippen LogP contribution is -2.27. The summed E-state index contributed by atoms with van der Waals surface area (Å²) in [7, 11) is 3.44. The van der Waals surface area contributed by atoms with Gasteiger partial charge in [-0.1, -0.05) is 18.2 Å². The van der Waals surface area contributed by atoms with Crippen LogP contribution in [0.5, 0.6) is 0 Å². The van der Waals surface area contributed by atoms with Gasteiger partial charge in [-0.3, -0.25) is 19.9 Å². The summed E-state index contributed by atoms with van der Waals surface area (Å²) in [4.78, 5) is 47.3. The number of hydrogen-bond acceptors (Lipinski definition) is 7. The van der Waals surface area contributed by atoms with E-state index in [2.05, 4.69) is 25.9 Å². The fourth-order valence-corrected chi connectivity index (χ4v) is 3.79. The summed E-state index contributed by atoms with van der Waals surface area (Å²) in [5, 5.41) is 8.64. The Morgan fingerprint density at radius 1 is 0.756 bits per heavy atom. The molecule has 0 unspecified atom stereocenters. The van der Waals surface area contributed by atoms with Gasteiger partial charge in [0.1, 0.15) is 11.4 Å². The summed E-state index contributed by atoms with van der Waals surface area (Å²) in [5.41, 5.74) is 3.74. The molecule has 10 heteroatoms. The van der Waals surface area contributed by atoms with Crippen LogP contribution in [0.15, 0.2) is 85.3 Å². The van der Waals surface area contributed by atoms with Gasteiger partial charge in [0.2, 0.25) is 0 Å².